The normalized spacial score (nSPS) is 16.0. The SMILES string of the molecule is CCC(O)C(N)c1cnn(C)c1. The highest BCUT2D eigenvalue weighted by Gasteiger charge is 2.15. The Balaban J connectivity index is 2.70. The van der Waals surface area contributed by atoms with Gasteiger partial charge in [0.25, 0.3) is 0 Å². The van der Waals surface area contributed by atoms with Gasteiger partial charge in [0.15, 0.2) is 0 Å². The van der Waals surface area contributed by atoms with Crippen LogP contribution >= 0.6 is 0 Å². The van der Waals surface area contributed by atoms with Crippen LogP contribution in [0.4, 0.5) is 0 Å². The Morgan fingerprint density at radius 2 is 2.42 bits per heavy atom. The fourth-order valence-electron chi connectivity index (χ4n) is 1.09. The molecule has 1 rings (SSSR count). The van der Waals surface area contributed by atoms with Crippen LogP contribution < -0.4 is 5.73 Å². The molecule has 0 aliphatic rings. The van der Waals surface area contributed by atoms with Crippen LogP contribution in [0, 0.1) is 0 Å². The minimum Gasteiger partial charge on any atom is -0.391 e. The van der Waals surface area contributed by atoms with Gasteiger partial charge >= 0.3 is 0 Å². The molecule has 2 unspecified atom stereocenters. The lowest BCUT2D eigenvalue weighted by Gasteiger charge is -2.14. The van der Waals surface area contributed by atoms with Gasteiger partial charge in [-0.2, -0.15) is 5.10 Å². The number of rotatable bonds is 3. The zero-order valence-corrected chi connectivity index (χ0v) is 7.44. The molecule has 0 aliphatic carbocycles. The summed E-state index contributed by atoms with van der Waals surface area (Å²) in [5, 5.41) is 13.4. The van der Waals surface area contributed by atoms with Gasteiger partial charge in [0.1, 0.15) is 0 Å². The Morgan fingerprint density at radius 3 is 2.83 bits per heavy atom. The second-order valence-corrected chi connectivity index (χ2v) is 2.95. The van der Waals surface area contributed by atoms with Crippen molar-refractivity contribution in [3.63, 3.8) is 0 Å². The van der Waals surface area contributed by atoms with E-state index in [2.05, 4.69) is 5.10 Å². The zero-order chi connectivity index (χ0) is 9.14. The van der Waals surface area contributed by atoms with Crippen molar-refractivity contribution in [2.75, 3.05) is 0 Å². The number of nitrogens with two attached hydrogens (primary N) is 1. The Labute approximate surface area is 72.0 Å². The van der Waals surface area contributed by atoms with Crippen LogP contribution in [0.2, 0.25) is 0 Å². The number of aryl methyl sites for hydroxylation is 1. The van der Waals surface area contributed by atoms with E-state index in [9.17, 15) is 5.11 Å². The summed E-state index contributed by atoms with van der Waals surface area (Å²) in [4.78, 5) is 0. The highest BCUT2D eigenvalue weighted by Crippen LogP contribution is 2.14. The molecule has 0 saturated heterocycles. The largest absolute Gasteiger partial charge is 0.391 e. The van der Waals surface area contributed by atoms with Crippen LogP contribution in [-0.2, 0) is 7.05 Å². The summed E-state index contributed by atoms with van der Waals surface area (Å²) in [6.45, 7) is 1.90. The van der Waals surface area contributed by atoms with Gasteiger partial charge < -0.3 is 10.8 Å². The summed E-state index contributed by atoms with van der Waals surface area (Å²) in [5.74, 6) is 0. The Bertz CT molecular complexity index is 246. The highest BCUT2D eigenvalue weighted by molar-refractivity contribution is 5.10. The van der Waals surface area contributed by atoms with Gasteiger partial charge in [-0.15, -0.1) is 0 Å². The topological polar surface area (TPSA) is 64.1 Å². The molecule has 0 aromatic carbocycles. The van der Waals surface area contributed by atoms with Crippen molar-refractivity contribution in [2.45, 2.75) is 25.5 Å². The van der Waals surface area contributed by atoms with E-state index in [4.69, 9.17) is 5.73 Å². The molecule has 3 N–H and O–H groups in total. The molecule has 1 heterocycles. The molecular weight excluding hydrogens is 154 g/mol. The smallest absolute Gasteiger partial charge is 0.0731 e. The van der Waals surface area contributed by atoms with Crippen molar-refractivity contribution in [2.24, 2.45) is 12.8 Å². The lowest BCUT2D eigenvalue weighted by atomic mass is 10.0. The van der Waals surface area contributed by atoms with E-state index in [0.717, 1.165) is 5.56 Å². The van der Waals surface area contributed by atoms with Gasteiger partial charge in [-0.25, -0.2) is 0 Å². The molecule has 0 spiro atoms. The van der Waals surface area contributed by atoms with Crippen molar-refractivity contribution in [3.8, 4) is 0 Å². The number of nitrogens with zero attached hydrogens (tertiary/aromatic N) is 2. The molecule has 0 saturated carbocycles. The van der Waals surface area contributed by atoms with E-state index in [-0.39, 0.29) is 6.04 Å². The van der Waals surface area contributed by atoms with Crippen LogP contribution in [-0.4, -0.2) is 21.0 Å². The lowest BCUT2D eigenvalue weighted by molar-refractivity contribution is 0.140. The molecule has 4 heteroatoms. The molecule has 1 aromatic rings. The van der Waals surface area contributed by atoms with Gasteiger partial charge in [0.05, 0.1) is 18.3 Å². The third-order valence-corrected chi connectivity index (χ3v) is 1.94. The summed E-state index contributed by atoms with van der Waals surface area (Å²) >= 11 is 0. The minimum absolute atomic E-state index is 0.316. The molecular formula is C8H15N3O. The molecule has 2 atom stereocenters. The third kappa shape index (κ3) is 1.84. The number of aliphatic hydroxyl groups excluding tert-OH is 1. The standard InChI is InChI=1S/C8H15N3O/c1-3-7(12)8(9)6-4-10-11(2)5-6/h4-5,7-8,12H,3,9H2,1-2H3. The zero-order valence-electron chi connectivity index (χ0n) is 7.44. The maximum Gasteiger partial charge on any atom is 0.0731 e. The maximum atomic E-state index is 9.43. The second-order valence-electron chi connectivity index (χ2n) is 2.95. The van der Waals surface area contributed by atoms with Crippen molar-refractivity contribution < 1.29 is 5.11 Å². The van der Waals surface area contributed by atoms with E-state index in [1.807, 2.05) is 20.2 Å². The van der Waals surface area contributed by atoms with Crippen LogP contribution in [0.25, 0.3) is 0 Å². The average Bonchev–Trinajstić information content (AvgIpc) is 2.49. The van der Waals surface area contributed by atoms with Crippen molar-refractivity contribution in [1.82, 2.24) is 9.78 Å². The van der Waals surface area contributed by atoms with Crippen LogP contribution in [0.5, 0.6) is 0 Å². The van der Waals surface area contributed by atoms with Crippen LogP contribution in [0.3, 0.4) is 0 Å². The minimum atomic E-state index is -0.478. The number of hydrogen-bond acceptors (Lipinski definition) is 3. The van der Waals surface area contributed by atoms with Crippen molar-refractivity contribution in [3.05, 3.63) is 18.0 Å². The predicted octanol–water partition coefficient (Wildman–Crippen LogP) is 0.191. The molecule has 12 heavy (non-hydrogen) atoms. The molecule has 0 amide bonds. The van der Waals surface area contributed by atoms with E-state index in [1.165, 1.54) is 0 Å². The summed E-state index contributed by atoms with van der Waals surface area (Å²) in [6, 6.07) is -0.316. The fourth-order valence-corrected chi connectivity index (χ4v) is 1.09. The van der Waals surface area contributed by atoms with Crippen LogP contribution in [0.15, 0.2) is 12.4 Å². The third-order valence-electron chi connectivity index (χ3n) is 1.94. The highest BCUT2D eigenvalue weighted by atomic mass is 16.3. The molecule has 68 valence electrons. The van der Waals surface area contributed by atoms with Crippen molar-refractivity contribution in [1.29, 1.82) is 0 Å². The molecule has 0 radical (unpaired) electrons. The first-order valence-electron chi connectivity index (χ1n) is 4.07. The van der Waals surface area contributed by atoms with Gasteiger partial charge in [-0.3, -0.25) is 4.68 Å². The Kier molecular flexibility index (Phi) is 2.83. The molecule has 4 nitrogen and oxygen atoms in total. The first-order chi connectivity index (χ1) is 5.65. The lowest BCUT2D eigenvalue weighted by Crippen LogP contribution is -2.24. The fraction of sp³-hybridized carbons (Fsp3) is 0.625. The van der Waals surface area contributed by atoms with Crippen molar-refractivity contribution >= 4 is 0 Å². The Morgan fingerprint density at radius 1 is 1.75 bits per heavy atom. The van der Waals surface area contributed by atoms with Gasteiger partial charge in [-0.05, 0) is 6.42 Å². The number of aromatic nitrogens is 2. The van der Waals surface area contributed by atoms with Gasteiger partial charge in [0.2, 0.25) is 0 Å². The first kappa shape index (κ1) is 9.22. The monoisotopic (exact) mass is 169 g/mol. The summed E-state index contributed by atoms with van der Waals surface area (Å²) in [7, 11) is 1.83. The maximum absolute atomic E-state index is 9.43. The average molecular weight is 169 g/mol. The molecule has 1 aromatic heterocycles. The van der Waals surface area contributed by atoms with E-state index < -0.39 is 6.10 Å². The molecule has 0 aliphatic heterocycles. The van der Waals surface area contributed by atoms with E-state index in [1.54, 1.807) is 10.9 Å². The predicted molar refractivity (Wildman–Crippen MR) is 46.4 cm³/mol. The molecule has 0 fully saturated rings. The van der Waals surface area contributed by atoms with Crippen LogP contribution in [0.1, 0.15) is 24.9 Å². The summed E-state index contributed by atoms with van der Waals surface area (Å²) in [6.07, 6.45) is 3.69. The quantitative estimate of drug-likeness (QED) is 0.679. The van der Waals surface area contributed by atoms with E-state index in [0.29, 0.717) is 6.42 Å². The first-order valence-corrected chi connectivity index (χ1v) is 4.07. The van der Waals surface area contributed by atoms with Gasteiger partial charge in [-0.1, -0.05) is 6.92 Å². The van der Waals surface area contributed by atoms with Gasteiger partial charge in [0, 0.05) is 18.8 Å². The number of hydrogen-bond donors (Lipinski definition) is 2. The Hall–Kier alpha value is -0.870. The van der Waals surface area contributed by atoms with E-state index >= 15 is 0 Å². The molecule has 0 bridgehead atoms. The summed E-state index contributed by atoms with van der Waals surface area (Å²) < 4.78 is 1.68. The summed E-state index contributed by atoms with van der Waals surface area (Å²) in [5.41, 5.74) is 6.64. The number of aliphatic hydroxyl groups is 1. The second kappa shape index (κ2) is 3.69.